The zero-order valence-corrected chi connectivity index (χ0v) is 16.3. The van der Waals surface area contributed by atoms with Crippen LogP contribution >= 0.6 is 11.6 Å². The fourth-order valence-corrected chi connectivity index (χ4v) is 3.13. The third-order valence-corrected chi connectivity index (χ3v) is 4.34. The summed E-state index contributed by atoms with van der Waals surface area (Å²) in [7, 11) is 0. The highest BCUT2D eigenvalue weighted by Crippen LogP contribution is 2.35. The number of alkyl halides is 1. The number of ether oxygens (including phenoxy) is 4. The van der Waals surface area contributed by atoms with Crippen molar-refractivity contribution in [3.63, 3.8) is 0 Å². The quantitative estimate of drug-likeness (QED) is 0.370. The first-order valence-electron chi connectivity index (χ1n) is 8.29. The first-order chi connectivity index (χ1) is 13.5. The van der Waals surface area contributed by atoms with Gasteiger partial charge >= 0.3 is 23.6 Å². The average Bonchev–Trinajstić information content (AvgIpc) is 2.60. The standard InChI is InChI=1S/C16H18ClFN2O9/c1-6(21)26-5-10-12(27-7(2)22)11(17)13(28-8(3)23)15(29-10)20-4-9(18)14(24)19-16(20)25/h4,10-13,15H,5H2,1-3H3,(H,19,24,25)/t10-,11-,12-,13-,15-/m1/s1. The lowest BCUT2D eigenvalue weighted by Gasteiger charge is -2.43. The van der Waals surface area contributed by atoms with Crippen molar-refractivity contribution in [3.05, 3.63) is 32.9 Å². The van der Waals surface area contributed by atoms with E-state index < -0.39 is 71.5 Å². The van der Waals surface area contributed by atoms with Gasteiger partial charge in [0.1, 0.15) is 18.1 Å². The zero-order valence-electron chi connectivity index (χ0n) is 15.5. The lowest BCUT2D eigenvalue weighted by Crippen LogP contribution is -2.58. The Morgan fingerprint density at radius 1 is 1.14 bits per heavy atom. The van der Waals surface area contributed by atoms with Crippen LogP contribution in [0.3, 0.4) is 0 Å². The maximum atomic E-state index is 13.8. The molecular weight excluding hydrogens is 419 g/mol. The number of aromatic amines is 1. The van der Waals surface area contributed by atoms with Gasteiger partial charge in [-0.25, -0.2) is 4.79 Å². The van der Waals surface area contributed by atoms with Crippen molar-refractivity contribution in [2.75, 3.05) is 6.61 Å². The van der Waals surface area contributed by atoms with E-state index in [0.717, 1.165) is 20.8 Å². The minimum absolute atomic E-state index is 0.430. The van der Waals surface area contributed by atoms with Gasteiger partial charge in [0.15, 0.2) is 18.4 Å². The summed E-state index contributed by atoms with van der Waals surface area (Å²) in [6.07, 6.45) is -4.81. The van der Waals surface area contributed by atoms with Crippen LogP contribution in [-0.2, 0) is 33.3 Å². The van der Waals surface area contributed by atoms with E-state index in [9.17, 15) is 28.4 Å². The predicted molar refractivity (Wildman–Crippen MR) is 92.6 cm³/mol. The summed E-state index contributed by atoms with van der Waals surface area (Å²) in [5, 5.41) is -1.27. The third-order valence-electron chi connectivity index (χ3n) is 3.84. The Labute approximate surface area is 167 Å². The van der Waals surface area contributed by atoms with E-state index in [1.807, 2.05) is 0 Å². The molecule has 0 unspecified atom stereocenters. The second-order valence-electron chi connectivity index (χ2n) is 6.10. The van der Waals surface area contributed by atoms with E-state index in [4.69, 9.17) is 30.5 Å². The summed E-state index contributed by atoms with van der Waals surface area (Å²) in [6, 6.07) is 0. The second-order valence-corrected chi connectivity index (χ2v) is 6.61. The van der Waals surface area contributed by atoms with Crippen LogP contribution in [0.4, 0.5) is 4.39 Å². The van der Waals surface area contributed by atoms with Crippen molar-refractivity contribution in [2.24, 2.45) is 0 Å². The van der Waals surface area contributed by atoms with Crippen LogP contribution in [0.15, 0.2) is 15.8 Å². The summed E-state index contributed by atoms with van der Waals surface area (Å²) < 4.78 is 35.2. The summed E-state index contributed by atoms with van der Waals surface area (Å²) >= 11 is 6.36. The van der Waals surface area contributed by atoms with E-state index in [0.29, 0.717) is 10.8 Å². The van der Waals surface area contributed by atoms with Gasteiger partial charge in [0.25, 0.3) is 5.56 Å². The number of H-pyrrole nitrogens is 1. The largest absolute Gasteiger partial charge is 0.463 e. The van der Waals surface area contributed by atoms with Gasteiger partial charge in [-0.15, -0.1) is 11.6 Å². The van der Waals surface area contributed by atoms with E-state index in [-0.39, 0.29) is 0 Å². The number of nitrogens with one attached hydrogen (secondary N) is 1. The Morgan fingerprint density at radius 2 is 1.72 bits per heavy atom. The van der Waals surface area contributed by atoms with Crippen LogP contribution < -0.4 is 11.2 Å². The third kappa shape index (κ3) is 5.41. The van der Waals surface area contributed by atoms with Gasteiger partial charge < -0.3 is 18.9 Å². The van der Waals surface area contributed by atoms with Crippen molar-refractivity contribution >= 4 is 29.5 Å². The summed E-state index contributed by atoms with van der Waals surface area (Å²) in [4.78, 5) is 59.4. The molecule has 1 aliphatic heterocycles. The van der Waals surface area contributed by atoms with Crippen LogP contribution in [0.1, 0.15) is 27.0 Å². The van der Waals surface area contributed by atoms with Crippen molar-refractivity contribution in [1.29, 1.82) is 0 Å². The van der Waals surface area contributed by atoms with E-state index >= 15 is 0 Å². The number of halogens is 2. The number of carbonyl (C=O) groups is 3. The van der Waals surface area contributed by atoms with Gasteiger partial charge in [-0.1, -0.05) is 0 Å². The smallest absolute Gasteiger partial charge is 0.330 e. The highest BCUT2D eigenvalue weighted by atomic mass is 35.5. The first-order valence-corrected chi connectivity index (χ1v) is 8.73. The first kappa shape index (κ1) is 22.6. The number of hydrogen-bond acceptors (Lipinski definition) is 9. The Morgan fingerprint density at radius 3 is 2.28 bits per heavy atom. The molecule has 160 valence electrons. The Balaban J connectivity index is 2.51. The van der Waals surface area contributed by atoms with Crippen LogP contribution in [-0.4, -0.2) is 57.8 Å². The zero-order chi connectivity index (χ0) is 21.9. The van der Waals surface area contributed by atoms with E-state index in [2.05, 4.69) is 0 Å². The van der Waals surface area contributed by atoms with Crippen LogP contribution in [0.25, 0.3) is 0 Å². The molecule has 0 amide bonds. The molecule has 0 aliphatic carbocycles. The minimum atomic E-state index is -1.52. The minimum Gasteiger partial charge on any atom is -0.463 e. The summed E-state index contributed by atoms with van der Waals surface area (Å²) in [6.45, 7) is 2.85. The molecule has 29 heavy (non-hydrogen) atoms. The molecule has 0 aromatic carbocycles. The number of rotatable bonds is 5. The van der Waals surface area contributed by atoms with Gasteiger partial charge in [-0.2, -0.15) is 4.39 Å². The molecule has 1 aromatic rings. The van der Waals surface area contributed by atoms with Crippen molar-refractivity contribution in [1.82, 2.24) is 9.55 Å². The number of hydrogen-bond donors (Lipinski definition) is 1. The summed E-state index contributed by atoms with van der Waals surface area (Å²) in [5.41, 5.74) is -2.33. The average molecular weight is 437 g/mol. The predicted octanol–water partition coefficient (Wildman–Crippen LogP) is -0.393. The molecule has 1 fully saturated rings. The molecule has 1 saturated heterocycles. The number of esters is 3. The lowest BCUT2D eigenvalue weighted by molar-refractivity contribution is -0.227. The Kier molecular flexibility index (Phi) is 7.14. The molecule has 5 atom stereocenters. The normalized spacial score (nSPS) is 26.4. The van der Waals surface area contributed by atoms with Gasteiger partial charge in [-0.3, -0.25) is 28.7 Å². The molecule has 0 bridgehead atoms. The molecule has 1 aliphatic rings. The monoisotopic (exact) mass is 436 g/mol. The number of nitrogens with zero attached hydrogens (tertiary/aromatic N) is 1. The molecule has 0 saturated carbocycles. The van der Waals surface area contributed by atoms with Crippen LogP contribution in [0, 0.1) is 5.82 Å². The molecule has 0 radical (unpaired) electrons. The highest BCUT2D eigenvalue weighted by Gasteiger charge is 2.50. The molecule has 13 heteroatoms. The van der Waals surface area contributed by atoms with Gasteiger partial charge in [-0.05, 0) is 0 Å². The molecular formula is C16H18ClFN2O9. The van der Waals surface area contributed by atoms with Gasteiger partial charge in [0.05, 0.1) is 6.20 Å². The maximum absolute atomic E-state index is 13.8. The van der Waals surface area contributed by atoms with Crippen LogP contribution in [0.5, 0.6) is 0 Å². The number of carbonyl (C=O) groups excluding carboxylic acids is 3. The topological polar surface area (TPSA) is 143 Å². The maximum Gasteiger partial charge on any atom is 0.330 e. The molecule has 1 aromatic heterocycles. The van der Waals surface area contributed by atoms with Gasteiger partial charge in [0, 0.05) is 20.8 Å². The fraction of sp³-hybridized carbons (Fsp3) is 0.562. The lowest BCUT2D eigenvalue weighted by atomic mass is 10.00. The second kappa shape index (κ2) is 9.18. The SMILES string of the molecule is CC(=O)OC[C@H]1O[C@@H](n2cc(F)c(=O)[nH]c2=O)[C@H](OC(C)=O)[C@H](Cl)[C@@H]1OC(C)=O. The van der Waals surface area contributed by atoms with Crippen molar-refractivity contribution in [2.45, 2.75) is 50.7 Å². The van der Waals surface area contributed by atoms with Crippen molar-refractivity contribution < 1.29 is 37.7 Å². The molecule has 2 heterocycles. The van der Waals surface area contributed by atoms with E-state index in [1.54, 1.807) is 4.98 Å². The molecule has 2 rings (SSSR count). The fourth-order valence-electron chi connectivity index (χ4n) is 2.74. The van der Waals surface area contributed by atoms with E-state index in [1.165, 1.54) is 0 Å². The van der Waals surface area contributed by atoms with Crippen LogP contribution in [0.2, 0.25) is 0 Å². The Bertz CT molecular complexity index is 912. The Hall–Kier alpha value is -2.73. The van der Waals surface area contributed by atoms with Crippen molar-refractivity contribution in [3.8, 4) is 0 Å². The number of aromatic nitrogens is 2. The molecule has 0 spiro atoms. The van der Waals surface area contributed by atoms with Gasteiger partial charge in [0.2, 0.25) is 5.82 Å². The highest BCUT2D eigenvalue weighted by molar-refractivity contribution is 6.21. The summed E-state index contributed by atoms with van der Waals surface area (Å²) in [5.74, 6) is -3.54. The molecule has 1 N–H and O–H groups in total. The molecule has 11 nitrogen and oxygen atoms in total.